The molecule has 0 radical (unpaired) electrons. The number of hydrogen-bond donors (Lipinski definition) is 0. The van der Waals surface area contributed by atoms with E-state index in [1.807, 2.05) is 17.9 Å². The van der Waals surface area contributed by atoms with Crippen LogP contribution in [-0.2, 0) is 6.54 Å². The van der Waals surface area contributed by atoms with Gasteiger partial charge in [-0.05, 0) is 19.1 Å². The molecule has 6 heteroatoms. The van der Waals surface area contributed by atoms with Crippen LogP contribution in [0.1, 0.15) is 21.8 Å². The van der Waals surface area contributed by atoms with E-state index in [1.165, 1.54) is 0 Å². The van der Waals surface area contributed by atoms with Crippen LogP contribution in [0.15, 0.2) is 35.1 Å². The third kappa shape index (κ3) is 3.28. The summed E-state index contributed by atoms with van der Waals surface area (Å²) in [6, 6.07) is 5.55. The van der Waals surface area contributed by atoms with Crippen molar-refractivity contribution >= 4 is 5.91 Å². The maximum atomic E-state index is 12.3. The van der Waals surface area contributed by atoms with Crippen LogP contribution in [0, 0.1) is 6.92 Å². The van der Waals surface area contributed by atoms with Gasteiger partial charge in [-0.3, -0.25) is 14.7 Å². The zero-order valence-corrected chi connectivity index (χ0v) is 12.0. The molecule has 0 unspecified atom stereocenters. The smallest absolute Gasteiger partial charge is 0.255 e. The number of piperazine rings is 1. The van der Waals surface area contributed by atoms with Crippen LogP contribution < -0.4 is 0 Å². The van der Waals surface area contributed by atoms with Gasteiger partial charge >= 0.3 is 0 Å². The van der Waals surface area contributed by atoms with Gasteiger partial charge in [-0.1, -0.05) is 5.16 Å². The third-order valence-corrected chi connectivity index (χ3v) is 3.63. The first-order valence-corrected chi connectivity index (χ1v) is 7.06. The number of aromatic nitrogens is 2. The second kappa shape index (κ2) is 6.05. The standard InChI is InChI=1S/C15H18N4O2/c1-12-9-14(17-21-12)11-18-5-7-19(8-6-18)15(20)13-3-2-4-16-10-13/h2-4,9-10H,5-8,11H2,1H3. The van der Waals surface area contributed by atoms with Crippen molar-refractivity contribution in [1.82, 2.24) is 19.9 Å². The van der Waals surface area contributed by atoms with Crippen LogP contribution >= 0.6 is 0 Å². The van der Waals surface area contributed by atoms with E-state index in [1.54, 1.807) is 24.5 Å². The van der Waals surface area contributed by atoms with Crippen LogP contribution in [0.3, 0.4) is 0 Å². The highest BCUT2D eigenvalue weighted by Crippen LogP contribution is 2.11. The molecular weight excluding hydrogens is 268 g/mol. The van der Waals surface area contributed by atoms with Crippen molar-refractivity contribution in [3.63, 3.8) is 0 Å². The van der Waals surface area contributed by atoms with Crippen molar-refractivity contribution in [1.29, 1.82) is 0 Å². The van der Waals surface area contributed by atoms with Crippen molar-refractivity contribution in [3.05, 3.63) is 47.6 Å². The van der Waals surface area contributed by atoms with E-state index in [0.29, 0.717) is 5.56 Å². The molecule has 0 bridgehead atoms. The highest BCUT2D eigenvalue weighted by molar-refractivity contribution is 5.93. The monoisotopic (exact) mass is 286 g/mol. The Kier molecular flexibility index (Phi) is 3.96. The molecule has 1 saturated heterocycles. The van der Waals surface area contributed by atoms with E-state index in [2.05, 4.69) is 15.0 Å². The minimum Gasteiger partial charge on any atom is -0.361 e. The number of carbonyl (C=O) groups is 1. The van der Waals surface area contributed by atoms with Gasteiger partial charge in [0.2, 0.25) is 0 Å². The van der Waals surface area contributed by atoms with Gasteiger partial charge in [0.05, 0.1) is 11.3 Å². The second-order valence-corrected chi connectivity index (χ2v) is 5.24. The number of nitrogens with zero attached hydrogens (tertiary/aromatic N) is 4. The first kappa shape index (κ1) is 13.8. The molecule has 110 valence electrons. The topological polar surface area (TPSA) is 62.5 Å². The van der Waals surface area contributed by atoms with Crippen LogP contribution in [0.2, 0.25) is 0 Å². The highest BCUT2D eigenvalue weighted by Gasteiger charge is 2.22. The minimum atomic E-state index is 0.0556. The quantitative estimate of drug-likeness (QED) is 0.852. The second-order valence-electron chi connectivity index (χ2n) is 5.24. The van der Waals surface area contributed by atoms with E-state index in [4.69, 9.17) is 4.52 Å². The van der Waals surface area contributed by atoms with Gasteiger partial charge in [0.15, 0.2) is 0 Å². The predicted octanol–water partition coefficient (Wildman–Crippen LogP) is 1.34. The van der Waals surface area contributed by atoms with Gasteiger partial charge < -0.3 is 9.42 Å². The summed E-state index contributed by atoms with van der Waals surface area (Å²) in [6.45, 7) is 5.80. The number of aryl methyl sites for hydroxylation is 1. The van der Waals surface area contributed by atoms with Gasteiger partial charge in [-0.25, -0.2) is 0 Å². The Morgan fingerprint density at radius 1 is 1.33 bits per heavy atom. The lowest BCUT2D eigenvalue weighted by Gasteiger charge is -2.34. The third-order valence-electron chi connectivity index (χ3n) is 3.63. The fraction of sp³-hybridized carbons (Fsp3) is 0.400. The van der Waals surface area contributed by atoms with Gasteiger partial charge in [-0.15, -0.1) is 0 Å². The normalized spacial score (nSPS) is 16.1. The predicted molar refractivity (Wildman–Crippen MR) is 76.7 cm³/mol. The Morgan fingerprint density at radius 3 is 2.76 bits per heavy atom. The number of carbonyl (C=O) groups excluding carboxylic acids is 1. The van der Waals surface area contributed by atoms with E-state index in [9.17, 15) is 4.79 Å². The molecule has 2 aromatic rings. The summed E-state index contributed by atoms with van der Waals surface area (Å²) >= 11 is 0. The van der Waals surface area contributed by atoms with Crippen molar-refractivity contribution < 1.29 is 9.32 Å². The number of rotatable bonds is 3. The Hall–Kier alpha value is -2.21. The molecule has 1 amide bonds. The molecular formula is C15H18N4O2. The lowest BCUT2D eigenvalue weighted by molar-refractivity contribution is 0.0625. The average Bonchev–Trinajstić information content (AvgIpc) is 2.93. The Labute approximate surface area is 123 Å². The molecule has 6 nitrogen and oxygen atoms in total. The average molecular weight is 286 g/mol. The summed E-state index contributed by atoms with van der Waals surface area (Å²) in [7, 11) is 0. The lowest BCUT2D eigenvalue weighted by Crippen LogP contribution is -2.48. The number of hydrogen-bond acceptors (Lipinski definition) is 5. The Bertz CT molecular complexity index is 603. The van der Waals surface area contributed by atoms with Crippen LogP contribution in [0.4, 0.5) is 0 Å². The summed E-state index contributed by atoms with van der Waals surface area (Å²) in [5, 5.41) is 4.01. The van der Waals surface area contributed by atoms with Crippen LogP contribution in [0.25, 0.3) is 0 Å². The summed E-state index contributed by atoms with van der Waals surface area (Å²) in [4.78, 5) is 20.5. The fourth-order valence-corrected chi connectivity index (χ4v) is 2.50. The maximum absolute atomic E-state index is 12.3. The van der Waals surface area contributed by atoms with E-state index < -0.39 is 0 Å². The molecule has 0 saturated carbocycles. The first-order valence-electron chi connectivity index (χ1n) is 7.06. The number of amides is 1. The first-order chi connectivity index (χ1) is 10.2. The molecule has 1 aliphatic heterocycles. The molecule has 3 rings (SSSR count). The summed E-state index contributed by atoms with van der Waals surface area (Å²) in [5.74, 6) is 0.885. The van der Waals surface area contributed by atoms with Crippen LogP contribution in [-0.4, -0.2) is 52.0 Å². The molecule has 0 atom stereocenters. The van der Waals surface area contributed by atoms with Gasteiger partial charge in [-0.2, -0.15) is 0 Å². The van der Waals surface area contributed by atoms with Gasteiger partial charge in [0.25, 0.3) is 5.91 Å². The summed E-state index contributed by atoms with van der Waals surface area (Å²) in [6.07, 6.45) is 3.29. The molecule has 0 aliphatic carbocycles. The molecule has 3 heterocycles. The zero-order valence-electron chi connectivity index (χ0n) is 12.0. The Balaban J connectivity index is 1.54. The molecule has 0 N–H and O–H groups in total. The van der Waals surface area contributed by atoms with Crippen molar-refractivity contribution in [2.45, 2.75) is 13.5 Å². The maximum Gasteiger partial charge on any atom is 0.255 e. The van der Waals surface area contributed by atoms with Crippen LogP contribution in [0.5, 0.6) is 0 Å². The highest BCUT2D eigenvalue weighted by atomic mass is 16.5. The molecule has 21 heavy (non-hydrogen) atoms. The summed E-state index contributed by atoms with van der Waals surface area (Å²) < 4.78 is 5.08. The zero-order chi connectivity index (χ0) is 14.7. The van der Waals surface area contributed by atoms with Crippen molar-refractivity contribution in [3.8, 4) is 0 Å². The molecule has 0 aromatic carbocycles. The molecule has 1 aliphatic rings. The van der Waals surface area contributed by atoms with E-state index in [-0.39, 0.29) is 5.91 Å². The SMILES string of the molecule is Cc1cc(CN2CCN(C(=O)c3cccnc3)CC2)no1. The fourth-order valence-electron chi connectivity index (χ4n) is 2.50. The van der Waals surface area contributed by atoms with E-state index in [0.717, 1.165) is 44.2 Å². The lowest BCUT2D eigenvalue weighted by atomic mass is 10.2. The Morgan fingerprint density at radius 2 is 2.14 bits per heavy atom. The largest absolute Gasteiger partial charge is 0.361 e. The molecule has 2 aromatic heterocycles. The van der Waals surface area contributed by atoms with Gasteiger partial charge in [0, 0.05) is 51.2 Å². The van der Waals surface area contributed by atoms with Crippen molar-refractivity contribution in [2.75, 3.05) is 26.2 Å². The molecule has 1 fully saturated rings. The molecule has 0 spiro atoms. The number of pyridine rings is 1. The minimum absolute atomic E-state index is 0.0556. The van der Waals surface area contributed by atoms with Gasteiger partial charge in [0.1, 0.15) is 5.76 Å². The van der Waals surface area contributed by atoms with Crippen molar-refractivity contribution in [2.24, 2.45) is 0 Å². The van der Waals surface area contributed by atoms with E-state index >= 15 is 0 Å². The summed E-state index contributed by atoms with van der Waals surface area (Å²) in [5.41, 5.74) is 1.60.